The smallest absolute Gasteiger partial charge is 0.230 e. The molecule has 0 bridgehead atoms. The first kappa shape index (κ1) is 17.3. The fourth-order valence-corrected chi connectivity index (χ4v) is 4.79. The van der Waals surface area contributed by atoms with Crippen molar-refractivity contribution in [1.29, 1.82) is 0 Å². The van der Waals surface area contributed by atoms with Gasteiger partial charge in [-0.05, 0) is 12.3 Å². The van der Waals surface area contributed by atoms with Crippen molar-refractivity contribution in [3.05, 3.63) is 5.82 Å². The first-order chi connectivity index (χ1) is 10.3. The number of carbonyl (C=O) groups is 1. The second kappa shape index (κ2) is 6.99. The van der Waals surface area contributed by atoms with Gasteiger partial charge < -0.3 is 9.88 Å². The van der Waals surface area contributed by atoms with Crippen LogP contribution < -0.4 is 5.32 Å². The van der Waals surface area contributed by atoms with Crippen molar-refractivity contribution in [1.82, 2.24) is 20.1 Å². The Morgan fingerprint density at radius 1 is 1.45 bits per heavy atom. The van der Waals surface area contributed by atoms with Crippen LogP contribution in [0.3, 0.4) is 0 Å². The third-order valence-corrected chi connectivity index (χ3v) is 6.29. The summed E-state index contributed by atoms with van der Waals surface area (Å²) in [5.41, 5.74) is 0. The van der Waals surface area contributed by atoms with Gasteiger partial charge in [0.1, 0.15) is 5.82 Å². The van der Waals surface area contributed by atoms with Crippen LogP contribution in [0.15, 0.2) is 5.16 Å². The molecule has 0 radical (unpaired) electrons. The lowest BCUT2D eigenvalue weighted by molar-refractivity contribution is -0.118. The average molecular weight is 346 g/mol. The molecule has 2 rings (SSSR count). The predicted octanol–water partition coefficient (Wildman–Crippen LogP) is 0.582. The van der Waals surface area contributed by atoms with Crippen molar-refractivity contribution in [3.8, 4) is 0 Å². The highest BCUT2D eigenvalue weighted by atomic mass is 32.2. The van der Waals surface area contributed by atoms with Gasteiger partial charge in [0.15, 0.2) is 15.0 Å². The zero-order valence-electron chi connectivity index (χ0n) is 13.1. The lowest BCUT2D eigenvalue weighted by Gasteiger charge is -2.09. The summed E-state index contributed by atoms with van der Waals surface area (Å²) >= 11 is 1.31. The molecule has 1 N–H and O–H groups in total. The second-order valence-electron chi connectivity index (χ2n) is 5.99. The molecule has 124 valence electrons. The zero-order valence-corrected chi connectivity index (χ0v) is 14.7. The molecule has 1 aromatic heterocycles. The van der Waals surface area contributed by atoms with Crippen molar-refractivity contribution in [2.24, 2.45) is 13.0 Å². The Morgan fingerprint density at radius 2 is 2.18 bits per heavy atom. The molecule has 1 aliphatic heterocycles. The van der Waals surface area contributed by atoms with Crippen molar-refractivity contribution in [2.75, 3.05) is 23.8 Å². The Balaban J connectivity index is 1.93. The van der Waals surface area contributed by atoms with Gasteiger partial charge in [0.25, 0.3) is 0 Å². The van der Waals surface area contributed by atoms with E-state index in [0.29, 0.717) is 29.9 Å². The summed E-state index contributed by atoms with van der Waals surface area (Å²) < 4.78 is 24.9. The molecule has 1 saturated heterocycles. The van der Waals surface area contributed by atoms with Gasteiger partial charge in [-0.2, -0.15) is 0 Å². The van der Waals surface area contributed by atoms with E-state index in [0.717, 1.165) is 0 Å². The summed E-state index contributed by atoms with van der Waals surface area (Å²) in [4.78, 5) is 11.7. The highest BCUT2D eigenvalue weighted by Crippen LogP contribution is 2.29. The Kier molecular flexibility index (Phi) is 5.49. The molecule has 2 heterocycles. The zero-order chi connectivity index (χ0) is 16.3. The number of nitrogens with zero attached hydrogens (tertiary/aromatic N) is 3. The average Bonchev–Trinajstić information content (AvgIpc) is 2.97. The molecule has 0 spiro atoms. The third kappa shape index (κ3) is 4.45. The number of sulfone groups is 1. The summed E-state index contributed by atoms with van der Waals surface area (Å²) in [5, 5.41) is 11.7. The summed E-state index contributed by atoms with van der Waals surface area (Å²) in [6.45, 7) is 4.74. The van der Waals surface area contributed by atoms with E-state index in [4.69, 9.17) is 0 Å². The Hall–Kier alpha value is -1.09. The largest absolute Gasteiger partial charge is 0.355 e. The van der Waals surface area contributed by atoms with Crippen LogP contribution in [-0.4, -0.2) is 52.9 Å². The van der Waals surface area contributed by atoms with E-state index < -0.39 is 9.84 Å². The van der Waals surface area contributed by atoms with Gasteiger partial charge in [0.2, 0.25) is 5.91 Å². The quantitative estimate of drug-likeness (QED) is 0.757. The number of aromatic nitrogens is 3. The molecule has 0 saturated carbocycles. The lowest BCUT2D eigenvalue weighted by Crippen LogP contribution is -2.28. The number of amides is 1. The van der Waals surface area contributed by atoms with E-state index in [9.17, 15) is 13.2 Å². The molecule has 1 atom stereocenters. The van der Waals surface area contributed by atoms with E-state index in [1.807, 2.05) is 20.9 Å². The van der Waals surface area contributed by atoms with Crippen LogP contribution >= 0.6 is 11.8 Å². The van der Waals surface area contributed by atoms with Gasteiger partial charge >= 0.3 is 0 Å². The van der Waals surface area contributed by atoms with E-state index in [2.05, 4.69) is 15.5 Å². The number of hydrogen-bond acceptors (Lipinski definition) is 6. The van der Waals surface area contributed by atoms with Crippen LogP contribution in [0.2, 0.25) is 0 Å². The van der Waals surface area contributed by atoms with Crippen LogP contribution in [-0.2, 0) is 21.7 Å². The molecule has 9 heteroatoms. The molecule has 0 aromatic carbocycles. The van der Waals surface area contributed by atoms with Gasteiger partial charge in [-0.25, -0.2) is 8.42 Å². The maximum atomic E-state index is 11.7. The van der Waals surface area contributed by atoms with E-state index in [1.165, 1.54) is 11.8 Å². The highest BCUT2D eigenvalue weighted by Gasteiger charge is 2.32. The number of hydrogen-bond donors (Lipinski definition) is 1. The van der Waals surface area contributed by atoms with Gasteiger partial charge in [-0.3, -0.25) is 4.79 Å². The molecule has 22 heavy (non-hydrogen) atoms. The topological polar surface area (TPSA) is 94.0 Å². The summed E-state index contributed by atoms with van der Waals surface area (Å²) in [6, 6.07) is 0. The van der Waals surface area contributed by atoms with Crippen LogP contribution in [0.25, 0.3) is 0 Å². The third-order valence-electron chi connectivity index (χ3n) is 3.51. The van der Waals surface area contributed by atoms with E-state index in [-0.39, 0.29) is 29.1 Å². The molecule has 1 fully saturated rings. The molecular formula is C13H22N4O3S2. The van der Waals surface area contributed by atoms with Gasteiger partial charge in [-0.15, -0.1) is 10.2 Å². The second-order valence-corrected chi connectivity index (χ2v) is 9.16. The number of carbonyl (C=O) groups excluding carboxylic acids is 1. The molecule has 0 aliphatic carbocycles. The molecular weight excluding hydrogens is 324 g/mol. The number of thioether (sulfide) groups is 1. The fraction of sp³-hybridized carbons (Fsp3) is 0.769. The van der Waals surface area contributed by atoms with Gasteiger partial charge in [0, 0.05) is 19.5 Å². The highest BCUT2D eigenvalue weighted by molar-refractivity contribution is 7.99. The van der Waals surface area contributed by atoms with Crippen LogP contribution in [0.1, 0.15) is 32.0 Å². The monoisotopic (exact) mass is 346 g/mol. The standard InChI is InChI=1S/C13H22N4O3S2/c1-9(2)6-14-11(18)7-21-13-16-15-12(17(13)3)10-4-5-22(19,20)8-10/h9-10H,4-8H2,1-3H3,(H,14,18)/t10-/m1/s1. The lowest BCUT2D eigenvalue weighted by atomic mass is 10.1. The number of nitrogens with one attached hydrogen (secondary N) is 1. The minimum atomic E-state index is -2.94. The predicted molar refractivity (Wildman–Crippen MR) is 85.6 cm³/mol. The normalized spacial score (nSPS) is 20.5. The summed E-state index contributed by atoms with van der Waals surface area (Å²) in [5.74, 6) is 1.61. The van der Waals surface area contributed by atoms with Crippen molar-refractivity contribution >= 4 is 27.5 Å². The summed E-state index contributed by atoms with van der Waals surface area (Å²) in [6.07, 6.45) is 0.591. The molecule has 1 aromatic rings. The maximum Gasteiger partial charge on any atom is 0.230 e. The Bertz CT molecular complexity index is 640. The first-order valence-electron chi connectivity index (χ1n) is 7.27. The fourth-order valence-electron chi connectivity index (χ4n) is 2.31. The van der Waals surface area contributed by atoms with E-state index in [1.54, 1.807) is 4.57 Å². The van der Waals surface area contributed by atoms with Crippen LogP contribution in [0.5, 0.6) is 0 Å². The Morgan fingerprint density at radius 3 is 2.77 bits per heavy atom. The minimum Gasteiger partial charge on any atom is -0.355 e. The van der Waals surface area contributed by atoms with Crippen molar-refractivity contribution in [3.63, 3.8) is 0 Å². The van der Waals surface area contributed by atoms with Crippen LogP contribution in [0.4, 0.5) is 0 Å². The van der Waals surface area contributed by atoms with Crippen molar-refractivity contribution in [2.45, 2.75) is 31.3 Å². The first-order valence-corrected chi connectivity index (χ1v) is 10.1. The summed E-state index contributed by atoms with van der Waals surface area (Å²) in [7, 11) is -1.13. The van der Waals surface area contributed by atoms with Gasteiger partial charge in [0.05, 0.1) is 17.3 Å². The Labute approximate surface area is 135 Å². The van der Waals surface area contributed by atoms with Crippen LogP contribution in [0, 0.1) is 5.92 Å². The molecule has 1 amide bonds. The van der Waals surface area contributed by atoms with Crippen molar-refractivity contribution < 1.29 is 13.2 Å². The van der Waals surface area contributed by atoms with Gasteiger partial charge in [-0.1, -0.05) is 25.6 Å². The SMILES string of the molecule is CC(C)CNC(=O)CSc1nnc([C@@H]2CCS(=O)(=O)C2)n1C. The molecule has 1 aliphatic rings. The number of rotatable bonds is 6. The minimum absolute atomic E-state index is 0.0355. The molecule has 0 unspecified atom stereocenters. The van der Waals surface area contributed by atoms with E-state index >= 15 is 0 Å². The maximum absolute atomic E-state index is 11.7. The molecule has 7 nitrogen and oxygen atoms in total.